The fraction of sp³-hybridized carbons (Fsp3) is 0.333. The van der Waals surface area contributed by atoms with Gasteiger partial charge in [-0.3, -0.25) is 0 Å². The topological polar surface area (TPSA) is 44.8 Å². The maximum atomic E-state index is 4.40. The normalized spacial score (nSPS) is 18.8. The van der Waals surface area contributed by atoms with Crippen molar-refractivity contribution >= 4 is 16.9 Å². The largest absolute Gasteiger partial charge is 0.352 e. The number of rotatable bonds is 1. The van der Waals surface area contributed by atoms with Crippen LogP contribution in [-0.2, 0) is 0 Å². The Morgan fingerprint density at radius 3 is 3.19 bits per heavy atom. The quantitative estimate of drug-likeness (QED) is 0.739. The lowest BCUT2D eigenvalue weighted by atomic mass is 10.2. The van der Waals surface area contributed by atoms with Crippen molar-refractivity contribution in [2.24, 2.45) is 0 Å². The Balaban J connectivity index is 2.03. The minimum Gasteiger partial charge on any atom is -0.352 e. The molecule has 0 atom stereocenters. The van der Waals surface area contributed by atoms with Crippen LogP contribution in [0.1, 0.15) is 13.3 Å². The molecule has 1 aliphatic heterocycles. The third-order valence-corrected chi connectivity index (χ3v) is 3.14. The SMILES string of the molecule is C/C=C1/CCN(c2ncnc3[nH]ccc23)C1. The smallest absolute Gasteiger partial charge is 0.142 e. The lowest BCUT2D eigenvalue weighted by Gasteiger charge is -2.16. The van der Waals surface area contributed by atoms with Crippen molar-refractivity contribution in [2.75, 3.05) is 18.0 Å². The van der Waals surface area contributed by atoms with E-state index in [4.69, 9.17) is 0 Å². The number of aromatic nitrogens is 3. The van der Waals surface area contributed by atoms with Gasteiger partial charge in [-0.15, -0.1) is 0 Å². The summed E-state index contributed by atoms with van der Waals surface area (Å²) >= 11 is 0. The molecule has 0 aliphatic carbocycles. The van der Waals surface area contributed by atoms with Gasteiger partial charge in [-0.05, 0) is 19.4 Å². The second-order valence-electron chi connectivity index (χ2n) is 4.06. The van der Waals surface area contributed by atoms with Crippen LogP contribution in [-0.4, -0.2) is 28.0 Å². The molecule has 1 aliphatic rings. The molecule has 0 spiro atoms. The molecule has 0 amide bonds. The van der Waals surface area contributed by atoms with Crippen molar-refractivity contribution in [3.8, 4) is 0 Å². The molecule has 0 radical (unpaired) electrons. The minimum atomic E-state index is 0.916. The van der Waals surface area contributed by atoms with E-state index in [1.807, 2.05) is 12.3 Å². The highest BCUT2D eigenvalue weighted by Gasteiger charge is 2.19. The van der Waals surface area contributed by atoms with Crippen LogP contribution in [0.2, 0.25) is 0 Å². The number of anilines is 1. The van der Waals surface area contributed by atoms with E-state index in [1.54, 1.807) is 6.33 Å². The molecule has 3 rings (SSSR count). The zero-order valence-corrected chi connectivity index (χ0v) is 9.27. The molecule has 16 heavy (non-hydrogen) atoms. The van der Waals surface area contributed by atoms with E-state index in [2.05, 4.69) is 32.9 Å². The Labute approximate surface area is 94.0 Å². The Bertz CT molecular complexity index is 541. The summed E-state index contributed by atoms with van der Waals surface area (Å²) in [5.74, 6) is 1.04. The number of allylic oxidation sites excluding steroid dienone is 1. The highest BCUT2D eigenvalue weighted by atomic mass is 15.2. The van der Waals surface area contributed by atoms with Crippen molar-refractivity contribution in [2.45, 2.75) is 13.3 Å². The molecule has 4 heteroatoms. The third-order valence-electron chi connectivity index (χ3n) is 3.14. The van der Waals surface area contributed by atoms with Crippen LogP contribution >= 0.6 is 0 Å². The molecule has 82 valence electrons. The van der Waals surface area contributed by atoms with Crippen LogP contribution in [0.25, 0.3) is 11.0 Å². The molecule has 3 heterocycles. The van der Waals surface area contributed by atoms with E-state index in [9.17, 15) is 0 Å². The van der Waals surface area contributed by atoms with Crippen LogP contribution in [0.4, 0.5) is 5.82 Å². The standard InChI is InChI=1S/C12H14N4/c1-2-9-4-6-16(7-9)12-10-3-5-13-11(10)14-8-15-12/h2-3,5,8H,4,6-7H2,1H3,(H,13,14,15)/b9-2-. The van der Waals surface area contributed by atoms with Crippen molar-refractivity contribution in [3.05, 3.63) is 30.2 Å². The monoisotopic (exact) mass is 214 g/mol. The number of fused-ring (bicyclic) bond motifs is 1. The van der Waals surface area contributed by atoms with Gasteiger partial charge in [0, 0.05) is 19.3 Å². The first-order valence-corrected chi connectivity index (χ1v) is 5.55. The number of H-pyrrole nitrogens is 1. The fourth-order valence-electron chi connectivity index (χ4n) is 2.21. The Hall–Kier alpha value is -1.84. The van der Waals surface area contributed by atoms with Crippen molar-refractivity contribution in [1.29, 1.82) is 0 Å². The fourth-order valence-corrected chi connectivity index (χ4v) is 2.21. The summed E-state index contributed by atoms with van der Waals surface area (Å²) in [6, 6.07) is 2.04. The zero-order chi connectivity index (χ0) is 11.0. The molecule has 1 N–H and O–H groups in total. The number of hydrogen-bond acceptors (Lipinski definition) is 3. The van der Waals surface area contributed by atoms with E-state index >= 15 is 0 Å². The number of nitrogens with one attached hydrogen (secondary N) is 1. The molecule has 0 saturated carbocycles. The van der Waals surface area contributed by atoms with Gasteiger partial charge < -0.3 is 9.88 Å². The molecule has 2 aromatic rings. The van der Waals surface area contributed by atoms with Gasteiger partial charge in [0.1, 0.15) is 17.8 Å². The molecule has 1 fully saturated rings. The van der Waals surface area contributed by atoms with Gasteiger partial charge in [0.15, 0.2) is 0 Å². The van der Waals surface area contributed by atoms with Crippen LogP contribution in [0.15, 0.2) is 30.2 Å². The number of nitrogens with zero attached hydrogens (tertiary/aromatic N) is 3. The van der Waals surface area contributed by atoms with Gasteiger partial charge in [0.25, 0.3) is 0 Å². The van der Waals surface area contributed by atoms with Gasteiger partial charge in [0.2, 0.25) is 0 Å². The van der Waals surface area contributed by atoms with E-state index in [-0.39, 0.29) is 0 Å². The average molecular weight is 214 g/mol. The number of aromatic amines is 1. The maximum absolute atomic E-state index is 4.40. The first-order valence-electron chi connectivity index (χ1n) is 5.55. The Kier molecular flexibility index (Phi) is 2.13. The molecule has 4 nitrogen and oxygen atoms in total. The van der Waals surface area contributed by atoms with Crippen LogP contribution in [0, 0.1) is 0 Å². The molecular formula is C12H14N4. The predicted octanol–water partition coefficient (Wildman–Crippen LogP) is 2.11. The highest BCUT2D eigenvalue weighted by molar-refractivity contribution is 5.87. The first kappa shape index (κ1) is 9.39. The summed E-state index contributed by atoms with van der Waals surface area (Å²) in [5.41, 5.74) is 2.40. The minimum absolute atomic E-state index is 0.916. The average Bonchev–Trinajstić information content (AvgIpc) is 2.97. The van der Waals surface area contributed by atoms with Gasteiger partial charge in [-0.2, -0.15) is 0 Å². The summed E-state index contributed by atoms with van der Waals surface area (Å²) in [5, 5.41) is 1.11. The van der Waals surface area contributed by atoms with E-state index in [1.165, 1.54) is 5.57 Å². The maximum Gasteiger partial charge on any atom is 0.142 e. The summed E-state index contributed by atoms with van der Waals surface area (Å²) in [7, 11) is 0. The van der Waals surface area contributed by atoms with Gasteiger partial charge >= 0.3 is 0 Å². The van der Waals surface area contributed by atoms with Crippen molar-refractivity contribution in [3.63, 3.8) is 0 Å². The summed E-state index contributed by atoms with van der Waals surface area (Å²) in [6.07, 6.45) is 6.89. The molecular weight excluding hydrogens is 200 g/mol. The third kappa shape index (κ3) is 1.38. The Morgan fingerprint density at radius 2 is 2.38 bits per heavy atom. The molecule has 1 saturated heterocycles. The van der Waals surface area contributed by atoms with Gasteiger partial charge in [-0.1, -0.05) is 11.6 Å². The number of hydrogen-bond donors (Lipinski definition) is 1. The highest BCUT2D eigenvalue weighted by Crippen LogP contribution is 2.26. The van der Waals surface area contributed by atoms with Crippen LogP contribution in [0.3, 0.4) is 0 Å². The predicted molar refractivity (Wildman–Crippen MR) is 64.5 cm³/mol. The first-order chi connectivity index (χ1) is 7.88. The van der Waals surface area contributed by atoms with Gasteiger partial charge in [-0.25, -0.2) is 9.97 Å². The molecule has 0 unspecified atom stereocenters. The molecule has 0 aromatic carbocycles. The summed E-state index contributed by atoms with van der Waals surface area (Å²) in [4.78, 5) is 14.0. The molecule has 0 bridgehead atoms. The lowest BCUT2D eigenvalue weighted by Crippen LogP contribution is -2.19. The van der Waals surface area contributed by atoms with E-state index in [0.29, 0.717) is 0 Å². The van der Waals surface area contributed by atoms with Gasteiger partial charge in [0.05, 0.1) is 5.39 Å². The zero-order valence-electron chi connectivity index (χ0n) is 9.27. The van der Waals surface area contributed by atoms with Crippen molar-refractivity contribution < 1.29 is 0 Å². The second-order valence-corrected chi connectivity index (χ2v) is 4.06. The summed E-state index contributed by atoms with van der Waals surface area (Å²) < 4.78 is 0. The lowest BCUT2D eigenvalue weighted by molar-refractivity contribution is 0.940. The van der Waals surface area contributed by atoms with Crippen LogP contribution < -0.4 is 4.90 Å². The van der Waals surface area contributed by atoms with E-state index < -0.39 is 0 Å². The summed E-state index contributed by atoms with van der Waals surface area (Å²) in [6.45, 7) is 4.15. The Morgan fingerprint density at radius 1 is 1.44 bits per heavy atom. The van der Waals surface area contributed by atoms with E-state index in [0.717, 1.165) is 36.4 Å². The van der Waals surface area contributed by atoms with Crippen LogP contribution in [0.5, 0.6) is 0 Å². The molecule has 2 aromatic heterocycles. The second kappa shape index (κ2) is 3.63. The van der Waals surface area contributed by atoms with Crippen molar-refractivity contribution in [1.82, 2.24) is 15.0 Å².